The van der Waals surface area contributed by atoms with Gasteiger partial charge in [0, 0.05) is 19.2 Å². The van der Waals surface area contributed by atoms with Gasteiger partial charge >= 0.3 is 5.97 Å². The number of carboxylic acid groups (broad SMARTS) is 1. The summed E-state index contributed by atoms with van der Waals surface area (Å²) in [5.74, 6) is -1.12. The maximum Gasteiger partial charge on any atom is 0.306 e. The van der Waals surface area contributed by atoms with Crippen LogP contribution in [-0.2, 0) is 22.4 Å². The summed E-state index contributed by atoms with van der Waals surface area (Å²) in [5, 5.41) is 11.5. The summed E-state index contributed by atoms with van der Waals surface area (Å²) in [6.07, 6.45) is 3.86. The summed E-state index contributed by atoms with van der Waals surface area (Å²) in [6.45, 7) is 0.193. The number of aryl methyl sites for hydroxylation is 2. The Morgan fingerprint density at radius 2 is 2.00 bits per heavy atom. The fraction of sp³-hybridized carbons (Fsp3) is 0.500. The third-order valence-corrected chi connectivity index (χ3v) is 3.84. The maximum atomic E-state index is 12.1. The largest absolute Gasteiger partial charge is 0.481 e. The van der Waals surface area contributed by atoms with Gasteiger partial charge < -0.3 is 15.2 Å². The van der Waals surface area contributed by atoms with E-state index in [1.807, 2.05) is 18.2 Å². The number of carbonyl (C=O) groups is 2. The van der Waals surface area contributed by atoms with Gasteiger partial charge in [0.2, 0.25) is 0 Å². The lowest BCUT2D eigenvalue weighted by Crippen LogP contribution is -2.34. The zero-order valence-electron chi connectivity index (χ0n) is 12.2. The van der Waals surface area contributed by atoms with Crippen LogP contribution in [0.25, 0.3) is 0 Å². The monoisotopic (exact) mass is 291 g/mol. The third-order valence-electron chi connectivity index (χ3n) is 3.84. The van der Waals surface area contributed by atoms with Gasteiger partial charge in [-0.15, -0.1) is 0 Å². The smallest absolute Gasteiger partial charge is 0.306 e. The molecule has 21 heavy (non-hydrogen) atoms. The molecule has 0 heterocycles. The van der Waals surface area contributed by atoms with E-state index < -0.39 is 12.1 Å². The molecule has 0 fully saturated rings. The molecular weight excluding hydrogens is 270 g/mol. The molecule has 0 radical (unpaired) electrons. The number of amides is 1. The minimum atomic E-state index is -0.940. The van der Waals surface area contributed by atoms with Crippen molar-refractivity contribution in [2.24, 2.45) is 0 Å². The zero-order chi connectivity index (χ0) is 15.2. The van der Waals surface area contributed by atoms with Crippen molar-refractivity contribution in [1.82, 2.24) is 5.32 Å². The van der Waals surface area contributed by atoms with Gasteiger partial charge in [0.1, 0.15) is 0 Å². The Labute approximate surface area is 124 Å². The molecule has 0 aromatic heterocycles. The van der Waals surface area contributed by atoms with Crippen LogP contribution >= 0.6 is 0 Å². The summed E-state index contributed by atoms with van der Waals surface area (Å²) in [5.41, 5.74) is 3.21. The number of rotatable bonds is 6. The SMILES string of the molecule is COC(CNC(=O)c1ccc2c(c1)CCCC2)CC(=O)O. The summed E-state index contributed by atoms with van der Waals surface area (Å²) in [7, 11) is 1.44. The number of methoxy groups -OCH3 is 1. The van der Waals surface area contributed by atoms with Crippen molar-refractivity contribution >= 4 is 11.9 Å². The predicted octanol–water partition coefficient (Wildman–Crippen LogP) is 1.78. The summed E-state index contributed by atoms with van der Waals surface area (Å²) in [6, 6.07) is 5.80. The van der Waals surface area contributed by atoms with Crippen molar-refractivity contribution in [1.29, 1.82) is 0 Å². The van der Waals surface area contributed by atoms with Crippen LogP contribution in [0.1, 0.15) is 40.7 Å². The second-order valence-corrected chi connectivity index (χ2v) is 5.36. The van der Waals surface area contributed by atoms with Gasteiger partial charge in [-0.2, -0.15) is 0 Å². The normalized spacial score (nSPS) is 15.1. The molecule has 0 aliphatic heterocycles. The van der Waals surface area contributed by atoms with Crippen molar-refractivity contribution in [2.45, 2.75) is 38.2 Å². The second-order valence-electron chi connectivity index (χ2n) is 5.36. The van der Waals surface area contributed by atoms with Crippen LogP contribution in [0.15, 0.2) is 18.2 Å². The minimum Gasteiger partial charge on any atom is -0.481 e. The molecule has 1 amide bonds. The van der Waals surface area contributed by atoms with Crippen LogP contribution in [0.3, 0.4) is 0 Å². The topological polar surface area (TPSA) is 75.6 Å². The Bertz CT molecular complexity index is 527. The van der Waals surface area contributed by atoms with Gasteiger partial charge in [0.15, 0.2) is 0 Å². The first-order valence-corrected chi connectivity index (χ1v) is 7.24. The molecule has 1 aliphatic carbocycles. The maximum absolute atomic E-state index is 12.1. The molecule has 1 aromatic carbocycles. The van der Waals surface area contributed by atoms with Crippen molar-refractivity contribution in [3.63, 3.8) is 0 Å². The first-order chi connectivity index (χ1) is 10.1. The number of aliphatic carboxylic acids is 1. The fourth-order valence-corrected chi connectivity index (χ4v) is 2.62. The molecule has 1 unspecified atom stereocenters. The van der Waals surface area contributed by atoms with Crippen LogP contribution in [0.4, 0.5) is 0 Å². The lowest BCUT2D eigenvalue weighted by atomic mass is 9.90. The number of hydrogen-bond acceptors (Lipinski definition) is 3. The number of fused-ring (bicyclic) bond motifs is 1. The first kappa shape index (κ1) is 15.5. The number of carbonyl (C=O) groups excluding carboxylic acids is 1. The van der Waals surface area contributed by atoms with E-state index in [1.165, 1.54) is 31.1 Å². The highest BCUT2D eigenvalue weighted by Crippen LogP contribution is 2.22. The second kappa shape index (κ2) is 7.22. The predicted molar refractivity (Wildman–Crippen MR) is 78.5 cm³/mol. The number of ether oxygens (including phenoxy) is 1. The molecule has 5 heteroatoms. The van der Waals surface area contributed by atoms with E-state index in [1.54, 1.807) is 0 Å². The highest BCUT2D eigenvalue weighted by atomic mass is 16.5. The van der Waals surface area contributed by atoms with Crippen molar-refractivity contribution < 1.29 is 19.4 Å². The average molecular weight is 291 g/mol. The third kappa shape index (κ3) is 4.29. The van der Waals surface area contributed by atoms with E-state index in [2.05, 4.69) is 5.32 Å². The van der Waals surface area contributed by atoms with Gasteiger partial charge in [-0.3, -0.25) is 9.59 Å². The Balaban J connectivity index is 1.95. The van der Waals surface area contributed by atoms with Crippen molar-refractivity contribution in [3.05, 3.63) is 34.9 Å². The van der Waals surface area contributed by atoms with Crippen molar-refractivity contribution in [3.8, 4) is 0 Å². The Kier molecular flexibility index (Phi) is 5.33. The van der Waals surface area contributed by atoms with Gasteiger partial charge in [0.05, 0.1) is 12.5 Å². The summed E-state index contributed by atoms with van der Waals surface area (Å²) < 4.78 is 5.04. The first-order valence-electron chi connectivity index (χ1n) is 7.24. The number of nitrogens with one attached hydrogen (secondary N) is 1. The van der Waals surface area contributed by atoms with Crippen LogP contribution in [0.5, 0.6) is 0 Å². The van der Waals surface area contributed by atoms with Crippen LogP contribution < -0.4 is 5.32 Å². The Hall–Kier alpha value is -1.88. The number of benzene rings is 1. The van der Waals surface area contributed by atoms with E-state index in [-0.39, 0.29) is 18.9 Å². The molecule has 114 valence electrons. The Morgan fingerprint density at radius 1 is 1.29 bits per heavy atom. The Morgan fingerprint density at radius 3 is 2.67 bits per heavy atom. The van der Waals surface area contributed by atoms with Gasteiger partial charge in [-0.25, -0.2) is 0 Å². The zero-order valence-corrected chi connectivity index (χ0v) is 12.2. The number of hydrogen-bond donors (Lipinski definition) is 2. The highest BCUT2D eigenvalue weighted by Gasteiger charge is 2.16. The molecule has 1 atom stereocenters. The molecular formula is C16H21NO4. The van der Waals surface area contributed by atoms with Crippen LogP contribution in [-0.4, -0.2) is 36.7 Å². The molecule has 5 nitrogen and oxygen atoms in total. The highest BCUT2D eigenvalue weighted by molar-refractivity contribution is 5.94. The lowest BCUT2D eigenvalue weighted by molar-refractivity contribution is -0.139. The van der Waals surface area contributed by atoms with Crippen molar-refractivity contribution in [2.75, 3.05) is 13.7 Å². The summed E-state index contributed by atoms with van der Waals surface area (Å²) in [4.78, 5) is 22.8. The van der Waals surface area contributed by atoms with Gasteiger partial charge in [-0.05, 0) is 48.9 Å². The fourth-order valence-electron chi connectivity index (χ4n) is 2.62. The molecule has 0 spiro atoms. The van der Waals surface area contributed by atoms with E-state index in [4.69, 9.17) is 9.84 Å². The molecule has 1 aliphatic rings. The van der Waals surface area contributed by atoms with E-state index in [0.717, 1.165) is 12.8 Å². The van der Waals surface area contributed by atoms with Gasteiger partial charge in [0.25, 0.3) is 5.91 Å². The summed E-state index contributed by atoms with van der Waals surface area (Å²) >= 11 is 0. The number of carboxylic acids is 1. The molecule has 1 aromatic rings. The standard InChI is InChI=1S/C16H21NO4/c1-21-14(9-15(18)19)10-17-16(20)13-7-6-11-4-2-3-5-12(11)8-13/h6-8,14H,2-5,9-10H2,1H3,(H,17,20)(H,18,19). The molecule has 0 bridgehead atoms. The van der Waals surface area contributed by atoms with E-state index >= 15 is 0 Å². The van der Waals surface area contributed by atoms with Gasteiger partial charge in [-0.1, -0.05) is 6.07 Å². The average Bonchev–Trinajstić information content (AvgIpc) is 2.50. The lowest BCUT2D eigenvalue weighted by Gasteiger charge is -2.17. The minimum absolute atomic E-state index is 0.124. The molecule has 0 saturated carbocycles. The van der Waals surface area contributed by atoms with E-state index in [9.17, 15) is 9.59 Å². The molecule has 2 N–H and O–H groups in total. The van der Waals surface area contributed by atoms with E-state index in [0.29, 0.717) is 5.56 Å². The van der Waals surface area contributed by atoms with Crippen LogP contribution in [0, 0.1) is 0 Å². The quantitative estimate of drug-likeness (QED) is 0.838. The van der Waals surface area contributed by atoms with Crippen LogP contribution in [0.2, 0.25) is 0 Å². The molecule has 2 rings (SSSR count). The molecule has 0 saturated heterocycles.